The van der Waals surface area contributed by atoms with Crippen LogP contribution >= 0.6 is 11.3 Å². The van der Waals surface area contributed by atoms with E-state index in [1.54, 1.807) is 23.6 Å². The summed E-state index contributed by atoms with van der Waals surface area (Å²) in [4.78, 5) is 28.5. The summed E-state index contributed by atoms with van der Waals surface area (Å²) in [6.07, 6.45) is 0. The fourth-order valence-electron chi connectivity index (χ4n) is 2.88. The van der Waals surface area contributed by atoms with Gasteiger partial charge in [-0.3, -0.25) is 9.59 Å². The van der Waals surface area contributed by atoms with E-state index in [4.69, 9.17) is 4.74 Å². The Bertz CT molecular complexity index is 1040. The Morgan fingerprint density at radius 1 is 1.21 bits per heavy atom. The number of rotatable bonds is 4. The van der Waals surface area contributed by atoms with Gasteiger partial charge >= 0.3 is 0 Å². The summed E-state index contributed by atoms with van der Waals surface area (Å²) < 4.78 is 5.32. The topological polar surface area (TPSA) is 80.3 Å². The Hall–Kier alpha value is -3.19. The third kappa shape index (κ3) is 3.75. The van der Waals surface area contributed by atoms with E-state index in [0.717, 1.165) is 10.6 Å². The minimum atomic E-state index is -0.302. The number of fused-ring (bicyclic) bond motifs is 1. The first-order valence-corrected chi connectivity index (χ1v) is 9.81. The van der Waals surface area contributed by atoms with Crippen LogP contribution in [0.1, 0.15) is 35.8 Å². The number of anilines is 2. The average Bonchev–Trinajstić information content (AvgIpc) is 3.18. The number of nitrogens with one attached hydrogen (secondary N) is 2. The molecule has 2 aromatic carbocycles. The van der Waals surface area contributed by atoms with Gasteiger partial charge in [0.1, 0.15) is 16.5 Å². The first kappa shape index (κ1) is 18.2. The summed E-state index contributed by atoms with van der Waals surface area (Å²) >= 11 is 1.43. The van der Waals surface area contributed by atoms with Crippen molar-refractivity contribution >= 4 is 34.5 Å². The zero-order valence-corrected chi connectivity index (χ0v) is 16.3. The van der Waals surface area contributed by atoms with E-state index in [2.05, 4.69) is 41.6 Å². The van der Waals surface area contributed by atoms with Gasteiger partial charge in [0.25, 0.3) is 11.8 Å². The van der Waals surface area contributed by atoms with E-state index >= 15 is 0 Å². The third-order valence-corrected chi connectivity index (χ3v) is 5.32. The van der Waals surface area contributed by atoms with Crippen molar-refractivity contribution in [2.45, 2.75) is 19.8 Å². The molecule has 0 bridgehead atoms. The first-order valence-electron chi connectivity index (χ1n) is 8.93. The van der Waals surface area contributed by atoms with Crippen LogP contribution in [0.2, 0.25) is 0 Å². The number of amides is 2. The quantitative estimate of drug-likeness (QED) is 0.683. The molecule has 0 atom stereocenters. The smallest absolute Gasteiger partial charge is 0.275 e. The highest BCUT2D eigenvalue weighted by atomic mass is 32.1. The molecule has 1 aliphatic rings. The number of ether oxygens (including phenoxy) is 1. The van der Waals surface area contributed by atoms with E-state index in [0.29, 0.717) is 28.7 Å². The molecule has 2 N–H and O–H groups in total. The summed E-state index contributed by atoms with van der Waals surface area (Å²) in [5.74, 6) is 0.532. The minimum Gasteiger partial charge on any atom is -0.482 e. The molecule has 0 radical (unpaired) electrons. The van der Waals surface area contributed by atoms with Crippen LogP contribution in [0.15, 0.2) is 47.8 Å². The lowest BCUT2D eigenvalue weighted by Crippen LogP contribution is -2.25. The summed E-state index contributed by atoms with van der Waals surface area (Å²) in [6, 6.07) is 13.3. The number of hydrogen-bond donors (Lipinski definition) is 2. The predicted molar refractivity (Wildman–Crippen MR) is 110 cm³/mol. The summed E-state index contributed by atoms with van der Waals surface area (Å²) in [5, 5.41) is 8.07. The van der Waals surface area contributed by atoms with Crippen LogP contribution in [-0.4, -0.2) is 23.4 Å². The van der Waals surface area contributed by atoms with E-state index in [9.17, 15) is 9.59 Å². The van der Waals surface area contributed by atoms with Gasteiger partial charge < -0.3 is 15.4 Å². The zero-order chi connectivity index (χ0) is 19.7. The summed E-state index contributed by atoms with van der Waals surface area (Å²) in [5.41, 5.74) is 3.71. The van der Waals surface area contributed by atoms with Crippen molar-refractivity contribution in [3.05, 3.63) is 59.1 Å². The Morgan fingerprint density at radius 2 is 2.00 bits per heavy atom. The van der Waals surface area contributed by atoms with Crippen LogP contribution in [0.5, 0.6) is 5.75 Å². The molecule has 4 rings (SSSR count). The van der Waals surface area contributed by atoms with Crippen molar-refractivity contribution in [3.63, 3.8) is 0 Å². The Kier molecular flexibility index (Phi) is 4.83. The lowest BCUT2D eigenvalue weighted by atomic mass is 10.0. The van der Waals surface area contributed by atoms with Crippen LogP contribution in [0.4, 0.5) is 11.4 Å². The molecule has 142 valence electrons. The molecule has 2 amide bonds. The fraction of sp³-hybridized carbons (Fsp3) is 0.190. The molecule has 7 heteroatoms. The van der Waals surface area contributed by atoms with E-state index in [1.165, 1.54) is 16.9 Å². The molecule has 6 nitrogen and oxygen atoms in total. The van der Waals surface area contributed by atoms with Crippen molar-refractivity contribution in [3.8, 4) is 16.3 Å². The SMILES string of the molecule is CC(C)c1ccc(-c2nc(C(=O)Nc3ccc4c(c3)NC(=O)CO4)cs2)cc1. The number of benzene rings is 2. The van der Waals surface area contributed by atoms with Gasteiger partial charge in [0.05, 0.1) is 5.69 Å². The molecule has 28 heavy (non-hydrogen) atoms. The molecule has 0 aliphatic carbocycles. The lowest BCUT2D eigenvalue weighted by Gasteiger charge is -2.18. The Labute approximate surface area is 166 Å². The lowest BCUT2D eigenvalue weighted by molar-refractivity contribution is -0.118. The van der Waals surface area contributed by atoms with Crippen molar-refractivity contribution in [1.82, 2.24) is 4.98 Å². The highest BCUT2D eigenvalue weighted by Crippen LogP contribution is 2.31. The van der Waals surface area contributed by atoms with Gasteiger partial charge in [0, 0.05) is 16.6 Å². The molecule has 2 heterocycles. The second-order valence-corrected chi connectivity index (χ2v) is 7.67. The van der Waals surface area contributed by atoms with Gasteiger partial charge in [-0.15, -0.1) is 11.3 Å². The molecule has 0 saturated carbocycles. The Morgan fingerprint density at radius 3 is 2.75 bits per heavy atom. The normalized spacial score (nSPS) is 12.9. The largest absolute Gasteiger partial charge is 0.482 e. The fourth-order valence-corrected chi connectivity index (χ4v) is 3.68. The van der Waals surface area contributed by atoms with Gasteiger partial charge in [-0.1, -0.05) is 38.1 Å². The highest BCUT2D eigenvalue weighted by molar-refractivity contribution is 7.13. The molecule has 3 aromatic rings. The Balaban J connectivity index is 1.49. The van der Waals surface area contributed by atoms with Crippen LogP contribution in [-0.2, 0) is 4.79 Å². The second kappa shape index (κ2) is 7.44. The molecule has 0 saturated heterocycles. The monoisotopic (exact) mass is 393 g/mol. The minimum absolute atomic E-state index is 0.00153. The first-order chi connectivity index (χ1) is 13.5. The summed E-state index contributed by atoms with van der Waals surface area (Å²) in [6.45, 7) is 4.30. The highest BCUT2D eigenvalue weighted by Gasteiger charge is 2.17. The average molecular weight is 393 g/mol. The van der Waals surface area contributed by atoms with Crippen molar-refractivity contribution in [1.29, 1.82) is 0 Å². The predicted octanol–water partition coefficient (Wildman–Crippen LogP) is 4.52. The van der Waals surface area contributed by atoms with Crippen LogP contribution in [0, 0.1) is 0 Å². The zero-order valence-electron chi connectivity index (χ0n) is 15.5. The van der Waals surface area contributed by atoms with Gasteiger partial charge in [0.2, 0.25) is 0 Å². The number of aromatic nitrogens is 1. The number of carbonyl (C=O) groups excluding carboxylic acids is 2. The number of hydrogen-bond acceptors (Lipinski definition) is 5. The van der Waals surface area contributed by atoms with Gasteiger partial charge in [-0.05, 0) is 29.7 Å². The maximum atomic E-state index is 12.5. The maximum absolute atomic E-state index is 12.5. The maximum Gasteiger partial charge on any atom is 0.275 e. The number of carbonyl (C=O) groups is 2. The van der Waals surface area contributed by atoms with E-state index in [1.807, 2.05) is 12.1 Å². The molecule has 1 aromatic heterocycles. The van der Waals surface area contributed by atoms with Crippen LogP contribution < -0.4 is 15.4 Å². The molecule has 0 unspecified atom stereocenters. The molecular weight excluding hydrogens is 374 g/mol. The molecule has 1 aliphatic heterocycles. The van der Waals surface area contributed by atoms with Crippen molar-refractivity contribution in [2.24, 2.45) is 0 Å². The van der Waals surface area contributed by atoms with Gasteiger partial charge in [0.15, 0.2) is 6.61 Å². The molecule has 0 spiro atoms. The molecular formula is C21H19N3O3S. The second-order valence-electron chi connectivity index (χ2n) is 6.82. The van der Waals surface area contributed by atoms with Crippen molar-refractivity contribution in [2.75, 3.05) is 17.2 Å². The van der Waals surface area contributed by atoms with E-state index < -0.39 is 0 Å². The van der Waals surface area contributed by atoms with Gasteiger partial charge in [-0.25, -0.2) is 4.98 Å². The third-order valence-electron chi connectivity index (χ3n) is 4.43. The standard InChI is InChI=1S/C21H19N3O3S/c1-12(2)13-3-5-14(6-4-13)21-24-17(11-28-21)20(26)22-15-7-8-18-16(9-15)23-19(25)10-27-18/h3-9,11-12H,10H2,1-2H3,(H,22,26)(H,23,25). The van der Waals surface area contributed by atoms with Crippen molar-refractivity contribution < 1.29 is 14.3 Å². The number of nitrogens with zero attached hydrogens (tertiary/aromatic N) is 1. The van der Waals surface area contributed by atoms with Crippen LogP contribution in [0.25, 0.3) is 10.6 Å². The van der Waals surface area contributed by atoms with Crippen LogP contribution in [0.3, 0.4) is 0 Å². The van der Waals surface area contributed by atoms with E-state index in [-0.39, 0.29) is 18.4 Å². The molecule has 0 fully saturated rings. The number of thiazole rings is 1. The summed E-state index contributed by atoms with van der Waals surface area (Å²) in [7, 11) is 0. The van der Waals surface area contributed by atoms with Gasteiger partial charge in [-0.2, -0.15) is 0 Å².